The molecule has 7 nitrogen and oxygen atoms in total. The molecule has 1 aliphatic rings. The number of ether oxygens (including phenoxy) is 1. The highest BCUT2D eigenvalue weighted by Crippen LogP contribution is 2.28. The predicted octanol–water partition coefficient (Wildman–Crippen LogP) is 4.81. The van der Waals surface area contributed by atoms with Crippen molar-refractivity contribution in [3.63, 3.8) is 0 Å². The topological polar surface area (TPSA) is 107 Å². The van der Waals surface area contributed by atoms with E-state index in [9.17, 15) is 9.59 Å². The Morgan fingerprint density at radius 2 is 1.94 bits per heavy atom. The van der Waals surface area contributed by atoms with Crippen molar-refractivity contribution < 1.29 is 18.7 Å². The molecule has 190 valence electrons. The summed E-state index contributed by atoms with van der Waals surface area (Å²) in [6, 6.07) is 17.5. The maximum Gasteiger partial charge on any atom is 0.228 e. The van der Waals surface area contributed by atoms with Crippen LogP contribution in [-0.2, 0) is 20.9 Å². The largest absolute Gasteiger partial charge is 0.441 e. The average molecular weight is 490 g/mol. The van der Waals surface area contributed by atoms with Gasteiger partial charge >= 0.3 is 0 Å². The quantitative estimate of drug-likeness (QED) is 0.425. The highest BCUT2D eigenvalue weighted by atomic mass is 16.5. The molecule has 1 heterocycles. The van der Waals surface area contributed by atoms with Gasteiger partial charge in [-0.3, -0.25) is 9.59 Å². The third-order valence-electron chi connectivity index (χ3n) is 6.80. The Balaban J connectivity index is 1.29. The van der Waals surface area contributed by atoms with Gasteiger partial charge in [0.25, 0.3) is 0 Å². The first kappa shape index (κ1) is 25.6. The second kappa shape index (κ2) is 12.0. The van der Waals surface area contributed by atoms with E-state index in [1.807, 2.05) is 62.4 Å². The van der Waals surface area contributed by atoms with Gasteiger partial charge in [-0.2, -0.15) is 0 Å². The number of primary amides is 1. The van der Waals surface area contributed by atoms with E-state index in [4.69, 9.17) is 14.9 Å². The summed E-state index contributed by atoms with van der Waals surface area (Å²) in [7, 11) is 0. The molecule has 36 heavy (non-hydrogen) atoms. The number of benzene rings is 2. The Labute approximate surface area is 212 Å². The van der Waals surface area contributed by atoms with E-state index in [1.54, 1.807) is 0 Å². The molecule has 3 atom stereocenters. The van der Waals surface area contributed by atoms with Gasteiger partial charge in [-0.05, 0) is 56.7 Å². The molecule has 2 aromatic carbocycles. The second-order valence-corrected chi connectivity index (χ2v) is 9.78. The standard InChI is InChI=1S/C29H35N3O4/c1-19-8-6-12-23(14-19)29-32-26(20(2)36-29)18-35-17-21-9-7-13-24(15-21)31-28(34)25(16-27(30)33)22-10-4-3-5-11-22/h3-6,8,10-12,14,21,24-25H,7,9,13,15-18H2,1-2H3,(H2,30,33)(H,31,34). The van der Waals surface area contributed by atoms with Crippen LogP contribution in [0.2, 0.25) is 0 Å². The molecule has 1 aromatic heterocycles. The lowest BCUT2D eigenvalue weighted by molar-refractivity contribution is -0.127. The molecule has 1 aliphatic carbocycles. The number of aromatic nitrogens is 1. The molecular weight excluding hydrogens is 454 g/mol. The Bertz CT molecular complexity index is 1170. The van der Waals surface area contributed by atoms with E-state index in [2.05, 4.69) is 16.4 Å². The Morgan fingerprint density at radius 1 is 1.14 bits per heavy atom. The first-order chi connectivity index (χ1) is 17.4. The molecular formula is C29H35N3O4. The average Bonchev–Trinajstić information content (AvgIpc) is 3.23. The van der Waals surface area contributed by atoms with Crippen LogP contribution >= 0.6 is 0 Å². The number of nitrogens with zero attached hydrogens (tertiary/aromatic N) is 1. The van der Waals surface area contributed by atoms with Crippen molar-refractivity contribution in [1.29, 1.82) is 0 Å². The monoisotopic (exact) mass is 489 g/mol. The molecule has 0 radical (unpaired) electrons. The summed E-state index contributed by atoms with van der Waals surface area (Å²) in [5.74, 6) is 0.522. The summed E-state index contributed by atoms with van der Waals surface area (Å²) in [6.45, 7) is 4.94. The van der Waals surface area contributed by atoms with Gasteiger partial charge in [0.2, 0.25) is 17.7 Å². The fraction of sp³-hybridized carbons (Fsp3) is 0.414. The van der Waals surface area contributed by atoms with Crippen LogP contribution in [-0.4, -0.2) is 29.4 Å². The molecule has 3 aromatic rings. The van der Waals surface area contributed by atoms with Crippen molar-refractivity contribution in [3.05, 3.63) is 77.2 Å². The number of oxazole rings is 1. The summed E-state index contributed by atoms with van der Waals surface area (Å²) in [5, 5.41) is 3.17. The summed E-state index contributed by atoms with van der Waals surface area (Å²) < 4.78 is 11.9. The van der Waals surface area contributed by atoms with E-state index in [-0.39, 0.29) is 18.4 Å². The van der Waals surface area contributed by atoms with Crippen molar-refractivity contribution in [3.8, 4) is 11.5 Å². The first-order valence-electron chi connectivity index (χ1n) is 12.6. The van der Waals surface area contributed by atoms with Crippen LogP contribution in [0.15, 0.2) is 59.0 Å². The number of aryl methyl sites for hydroxylation is 2. The zero-order valence-corrected chi connectivity index (χ0v) is 21.0. The predicted molar refractivity (Wildman–Crippen MR) is 138 cm³/mol. The van der Waals surface area contributed by atoms with E-state index in [1.165, 1.54) is 0 Å². The number of rotatable bonds is 10. The number of carbonyl (C=O) groups excluding carboxylic acids is 2. The minimum absolute atomic E-state index is 0.00328. The molecule has 4 rings (SSSR count). The van der Waals surface area contributed by atoms with E-state index < -0.39 is 11.8 Å². The fourth-order valence-corrected chi connectivity index (χ4v) is 4.91. The minimum Gasteiger partial charge on any atom is -0.441 e. The molecule has 0 bridgehead atoms. The van der Waals surface area contributed by atoms with Crippen LogP contribution in [0, 0.1) is 19.8 Å². The van der Waals surface area contributed by atoms with Crippen LogP contribution in [0.1, 0.15) is 60.6 Å². The van der Waals surface area contributed by atoms with Gasteiger partial charge in [0, 0.05) is 24.6 Å². The van der Waals surface area contributed by atoms with Gasteiger partial charge in [-0.15, -0.1) is 0 Å². The molecule has 1 fully saturated rings. The highest BCUT2D eigenvalue weighted by Gasteiger charge is 2.28. The van der Waals surface area contributed by atoms with Gasteiger partial charge in [0.05, 0.1) is 12.5 Å². The smallest absolute Gasteiger partial charge is 0.228 e. The molecule has 0 aliphatic heterocycles. The fourth-order valence-electron chi connectivity index (χ4n) is 4.91. The third-order valence-corrected chi connectivity index (χ3v) is 6.80. The maximum atomic E-state index is 13.1. The van der Waals surface area contributed by atoms with Crippen molar-refractivity contribution in [2.45, 2.75) is 64.5 Å². The minimum atomic E-state index is -0.571. The van der Waals surface area contributed by atoms with Gasteiger partial charge in [-0.25, -0.2) is 4.98 Å². The molecule has 3 N–H and O–H groups in total. The Morgan fingerprint density at radius 3 is 2.69 bits per heavy atom. The normalized spacial score (nSPS) is 18.5. The summed E-state index contributed by atoms with van der Waals surface area (Å²) in [5.41, 5.74) is 9.16. The zero-order chi connectivity index (χ0) is 25.5. The van der Waals surface area contributed by atoms with Crippen molar-refractivity contribution in [2.75, 3.05) is 6.61 Å². The van der Waals surface area contributed by atoms with Crippen LogP contribution in [0.4, 0.5) is 0 Å². The lowest BCUT2D eigenvalue weighted by atomic mass is 9.85. The summed E-state index contributed by atoms with van der Waals surface area (Å²) in [4.78, 5) is 29.3. The van der Waals surface area contributed by atoms with E-state index in [0.717, 1.165) is 53.8 Å². The molecule has 3 unspecified atom stereocenters. The van der Waals surface area contributed by atoms with Gasteiger partial charge in [0.1, 0.15) is 11.5 Å². The van der Waals surface area contributed by atoms with E-state index >= 15 is 0 Å². The Kier molecular flexibility index (Phi) is 8.54. The maximum absolute atomic E-state index is 13.1. The van der Waals surface area contributed by atoms with Crippen LogP contribution in [0.5, 0.6) is 0 Å². The van der Waals surface area contributed by atoms with Crippen molar-refractivity contribution in [2.24, 2.45) is 11.7 Å². The number of nitrogens with two attached hydrogens (primary N) is 1. The number of amides is 2. The molecule has 2 amide bonds. The molecule has 7 heteroatoms. The summed E-state index contributed by atoms with van der Waals surface area (Å²) >= 11 is 0. The third kappa shape index (κ3) is 6.82. The lowest BCUT2D eigenvalue weighted by Crippen LogP contribution is -2.42. The zero-order valence-electron chi connectivity index (χ0n) is 21.0. The van der Waals surface area contributed by atoms with E-state index in [0.29, 0.717) is 25.0 Å². The van der Waals surface area contributed by atoms with Crippen LogP contribution in [0.25, 0.3) is 11.5 Å². The number of hydrogen-bond donors (Lipinski definition) is 2. The van der Waals surface area contributed by atoms with Crippen molar-refractivity contribution >= 4 is 11.8 Å². The summed E-state index contributed by atoms with van der Waals surface area (Å²) in [6.07, 6.45) is 3.84. The molecule has 1 saturated carbocycles. The van der Waals surface area contributed by atoms with Crippen LogP contribution < -0.4 is 11.1 Å². The van der Waals surface area contributed by atoms with Gasteiger partial charge < -0.3 is 20.2 Å². The van der Waals surface area contributed by atoms with Crippen molar-refractivity contribution in [1.82, 2.24) is 10.3 Å². The van der Waals surface area contributed by atoms with Gasteiger partial charge in [0.15, 0.2) is 0 Å². The second-order valence-electron chi connectivity index (χ2n) is 9.78. The number of carbonyl (C=O) groups is 2. The SMILES string of the molecule is Cc1cccc(-c2nc(COCC3CCCC(NC(=O)C(CC(N)=O)c4ccccc4)C3)c(C)o2)c1. The highest BCUT2D eigenvalue weighted by molar-refractivity contribution is 5.89. The van der Waals surface area contributed by atoms with Gasteiger partial charge in [-0.1, -0.05) is 54.4 Å². The Hall–Kier alpha value is -3.45. The van der Waals surface area contributed by atoms with Crippen LogP contribution in [0.3, 0.4) is 0 Å². The number of nitrogens with one attached hydrogen (secondary N) is 1. The first-order valence-corrected chi connectivity index (χ1v) is 12.6. The molecule has 0 saturated heterocycles. The number of hydrogen-bond acceptors (Lipinski definition) is 5. The lowest BCUT2D eigenvalue weighted by Gasteiger charge is -2.30. The molecule has 0 spiro atoms.